The van der Waals surface area contributed by atoms with Gasteiger partial charge in [0.25, 0.3) is 5.91 Å². The number of aryl methyl sites for hydroxylation is 2. The first-order valence-electron chi connectivity index (χ1n) is 11.7. The van der Waals surface area contributed by atoms with Gasteiger partial charge in [-0.2, -0.15) is 0 Å². The van der Waals surface area contributed by atoms with E-state index in [1.54, 1.807) is 29.8 Å². The van der Waals surface area contributed by atoms with Gasteiger partial charge in [-0.1, -0.05) is 19.4 Å². The fourth-order valence-electron chi connectivity index (χ4n) is 4.99. The van der Waals surface area contributed by atoms with Gasteiger partial charge in [0.15, 0.2) is 5.82 Å². The molecular weight excluding hydrogens is 440 g/mol. The van der Waals surface area contributed by atoms with Crippen molar-refractivity contribution in [2.24, 2.45) is 7.05 Å². The van der Waals surface area contributed by atoms with E-state index in [4.69, 9.17) is 0 Å². The number of anilines is 2. The number of hydrogen-bond acceptors (Lipinski definition) is 5. The summed E-state index contributed by atoms with van der Waals surface area (Å²) in [4.78, 5) is 19.1. The molecule has 2 aliphatic rings. The zero-order valence-electron chi connectivity index (χ0n) is 19.4. The van der Waals surface area contributed by atoms with E-state index in [-0.39, 0.29) is 41.6 Å². The SMILES string of the molecule is CCc1ccc(Nc2c(C(=O)N3CC(O)(C4CCCCN4)C3)cc3c(ncn3C)c2F)c(F)c1. The summed E-state index contributed by atoms with van der Waals surface area (Å²) in [7, 11) is 1.72. The number of piperidine rings is 1. The molecule has 0 spiro atoms. The van der Waals surface area contributed by atoms with Crippen LogP contribution in [0.5, 0.6) is 0 Å². The molecule has 2 aromatic carbocycles. The summed E-state index contributed by atoms with van der Waals surface area (Å²) < 4.78 is 31.9. The first kappa shape index (κ1) is 22.7. The molecule has 3 N–H and O–H groups in total. The summed E-state index contributed by atoms with van der Waals surface area (Å²) in [5, 5.41) is 17.2. The van der Waals surface area contributed by atoms with Crippen LogP contribution in [-0.4, -0.2) is 56.7 Å². The van der Waals surface area contributed by atoms with E-state index in [1.165, 1.54) is 17.3 Å². The van der Waals surface area contributed by atoms with Gasteiger partial charge in [-0.25, -0.2) is 13.8 Å². The Morgan fingerprint density at radius 2 is 2.09 bits per heavy atom. The van der Waals surface area contributed by atoms with E-state index in [1.807, 2.05) is 6.92 Å². The third-order valence-electron chi connectivity index (χ3n) is 7.07. The van der Waals surface area contributed by atoms with Crippen LogP contribution in [0.4, 0.5) is 20.2 Å². The van der Waals surface area contributed by atoms with Crippen molar-refractivity contribution >= 4 is 28.3 Å². The Morgan fingerprint density at radius 3 is 2.76 bits per heavy atom. The number of β-amino-alcohol motifs (C(OH)–C–C–N with tert-alkyl or cyclic N) is 1. The van der Waals surface area contributed by atoms with Crippen molar-refractivity contribution < 1.29 is 18.7 Å². The minimum absolute atomic E-state index is 0.0645. The molecule has 180 valence electrons. The lowest BCUT2D eigenvalue weighted by molar-refractivity contribution is -0.108. The molecule has 3 aromatic rings. The number of nitrogens with one attached hydrogen (secondary N) is 2. The molecular formula is C25H29F2N5O2. The van der Waals surface area contributed by atoms with E-state index in [2.05, 4.69) is 15.6 Å². The van der Waals surface area contributed by atoms with Gasteiger partial charge < -0.3 is 25.2 Å². The molecule has 34 heavy (non-hydrogen) atoms. The zero-order valence-corrected chi connectivity index (χ0v) is 19.4. The summed E-state index contributed by atoms with van der Waals surface area (Å²) in [5.74, 6) is -1.67. The number of rotatable bonds is 5. The monoisotopic (exact) mass is 469 g/mol. The number of aromatic nitrogens is 2. The minimum Gasteiger partial charge on any atom is -0.385 e. The predicted octanol–water partition coefficient (Wildman–Crippen LogP) is 3.49. The van der Waals surface area contributed by atoms with Crippen molar-refractivity contribution in [3.8, 4) is 0 Å². The number of amides is 1. The highest BCUT2D eigenvalue weighted by Crippen LogP contribution is 2.35. The van der Waals surface area contributed by atoms with Gasteiger partial charge in [0.1, 0.15) is 16.9 Å². The van der Waals surface area contributed by atoms with Crippen LogP contribution in [0, 0.1) is 11.6 Å². The van der Waals surface area contributed by atoms with Crippen LogP contribution in [0.2, 0.25) is 0 Å². The summed E-state index contributed by atoms with van der Waals surface area (Å²) in [6.07, 6.45) is 5.10. The Labute approximate surface area is 196 Å². The molecule has 2 saturated heterocycles. The molecule has 1 atom stereocenters. The minimum atomic E-state index is -0.999. The average Bonchev–Trinajstić information content (AvgIpc) is 3.20. The molecule has 9 heteroatoms. The van der Waals surface area contributed by atoms with Crippen LogP contribution in [-0.2, 0) is 13.5 Å². The van der Waals surface area contributed by atoms with Gasteiger partial charge in [-0.15, -0.1) is 0 Å². The Morgan fingerprint density at radius 1 is 1.29 bits per heavy atom. The highest BCUT2D eigenvalue weighted by molar-refractivity contribution is 6.04. The molecule has 5 rings (SSSR count). The molecule has 1 amide bonds. The number of carbonyl (C=O) groups excluding carboxylic acids is 1. The van der Waals surface area contributed by atoms with Gasteiger partial charge in [0, 0.05) is 13.1 Å². The van der Waals surface area contributed by atoms with Crippen LogP contribution < -0.4 is 10.6 Å². The van der Waals surface area contributed by atoms with Gasteiger partial charge in [0.05, 0.1) is 41.9 Å². The maximum Gasteiger partial charge on any atom is 0.256 e. The predicted molar refractivity (Wildman–Crippen MR) is 126 cm³/mol. The number of aliphatic hydroxyl groups is 1. The van der Waals surface area contributed by atoms with Gasteiger partial charge in [-0.05, 0) is 49.6 Å². The highest BCUT2D eigenvalue weighted by Gasteiger charge is 2.49. The highest BCUT2D eigenvalue weighted by atomic mass is 19.1. The number of imidazole rings is 1. The van der Waals surface area contributed by atoms with E-state index in [9.17, 15) is 14.3 Å². The second-order valence-electron chi connectivity index (χ2n) is 9.40. The molecule has 7 nitrogen and oxygen atoms in total. The van der Waals surface area contributed by atoms with Crippen LogP contribution in [0.3, 0.4) is 0 Å². The first-order valence-corrected chi connectivity index (χ1v) is 11.7. The first-order chi connectivity index (χ1) is 16.3. The molecule has 0 radical (unpaired) electrons. The normalized spacial score (nSPS) is 19.8. The molecule has 0 saturated carbocycles. The Hall–Kier alpha value is -3.04. The standard InChI is InChI=1S/C25H29F2N5O2/c1-3-15-7-8-18(17(26)10-15)30-22-16(11-19-23(21(22)27)29-14-31(19)2)24(33)32-12-25(34,13-32)20-6-4-5-9-28-20/h7-8,10-11,14,20,28,30,34H,3-6,9,12-13H2,1-2H3. The number of benzene rings is 2. The number of fused-ring (bicyclic) bond motifs is 1. The van der Waals surface area contributed by atoms with Crippen molar-refractivity contribution in [2.75, 3.05) is 25.0 Å². The topological polar surface area (TPSA) is 82.4 Å². The fraction of sp³-hybridized carbons (Fsp3) is 0.440. The Balaban J connectivity index is 1.48. The van der Waals surface area contributed by atoms with Crippen LogP contribution in [0.1, 0.15) is 42.1 Å². The molecule has 1 unspecified atom stereocenters. The van der Waals surface area contributed by atoms with Gasteiger partial charge in [-0.3, -0.25) is 4.79 Å². The quantitative estimate of drug-likeness (QED) is 0.533. The number of likely N-dealkylation sites (tertiary alicyclic amines) is 1. The Bertz CT molecular complexity index is 1250. The molecule has 3 heterocycles. The van der Waals surface area contributed by atoms with Crippen molar-refractivity contribution in [2.45, 2.75) is 44.2 Å². The second kappa shape index (κ2) is 8.63. The van der Waals surface area contributed by atoms with Crippen molar-refractivity contribution in [3.63, 3.8) is 0 Å². The summed E-state index contributed by atoms with van der Waals surface area (Å²) in [5.41, 5.74) is 0.400. The third kappa shape index (κ3) is 3.82. The molecule has 0 bridgehead atoms. The smallest absolute Gasteiger partial charge is 0.256 e. The van der Waals surface area contributed by atoms with E-state index in [0.717, 1.165) is 31.4 Å². The van der Waals surface area contributed by atoms with Crippen molar-refractivity contribution in [3.05, 3.63) is 53.4 Å². The van der Waals surface area contributed by atoms with Crippen molar-refractivity contribution in [1.29, 1.82) is 0 Å². The van der Waals surface area contributed by atoms with E-state index in [0.29, 0.717) is 11.9 Å². The summed E-state index contributed by atoms with van der Waals surface area (Å²) in [6.45, 7) is 3.09. The largest absolute Gasteiger partial charge is 0.385 e. The lowest BCUT2D eigenvalue weighted by Crippen LogP contribution is -2.72. The fourth-order valence-corrected chi connectivity index (χ4v) is 4.99. The second-order valence-corrected chi connectivity index (χ2v) is 9.40. The molecule has 0 aliphatic carbocycles. The summed E-state index contributed by atoms with van der Waals surface area (Å²) >= 11 is 0. The Kier molecular flexibility index (Phi) is 5.77. The van der Waals surface area contributed by atoms with Crippen molar-refractivity contribution in [1.82, 2.24) is 19.8 Å². The zero-order chi connectivity index (χ0) is 24.0. The number of carbonyl (C=O) groups is 1. The van der Waals surface area contributed by atoms with Crippen LogP contribution in [0.15, 0.2) is 30.6 Å². The summed E-state index contributed by atoms with van der Waals surface area (Å²) in [6, 6.07) is 6.21. The number of nitrogens with zero attached hydrogens (tertiary/aromatic N) is 3. The van der Waals surface area contributed by atoms with Gasteiger partial charge in [0.2, 0.25) is 0 Å². The maximum atomic E-state index is 15.6. The van der Waals surface area contributed by atoms with Crippen LogP contribution in [0.25, 0.3) is 11.0 Å². The lowest BCUT2D eigenvalue weighted by Gasteiger charge is -2.51. The average molecular weight is 470 g/mol. The number of halogens is 2. The van der Waals surface area contributed by atoms with Gasteiger partial charge >= 0.3 is 0 Å². The third-order valence-corrected chi connectivity index (χ3v) is 7.07. The van der Waals surface area contributed by atoms with E-state index < -0.39 is 23.1 Å². The van der Waals surface area contributed by atoms with Crippen LogP contribution >= 0.6 is 0 Å². The number of hydrogen-bond donors (Lipinski definition) is 3. The molecule has 2 aliphatic heterocycles. The molecule has 2 fully saturated rings. The maximum absolute atomic E-state index is 15.6. The lowest BCUT2D eigenvalue weighted by atomic mass is 9.81. The van der Waals surface area contributed by atoms with E-state index >= 15 is 4.39 Å². The molecule has 1 aromatic heterocycles.